The molecular weight excluding hydrogens is 266 g/mol. The third-order valence-electron chi connectivity index (χ3n) is 3.66. The van der Waals surface area contributed by atoms with Gasteiger partial charge in [0.25, 0.3) is 0 Å². The summed E-state index contributed by atoms with van der Waals surface area (Å²) in [6, 6.07) is 9.71. The van der Waals surface area contributed by atoms with Gasteiger partial charge in [-0.05, 0) is 25.0 Å². The quantitative estimate of drug-likeness (QED) is 0.815. The lowest BCUT2D eigenvalue weighted by Crippen LogP contribution is -2.38. The van der Waals surface area contributed by atoms with Gasteiger partial charge in [-0.2, -0.15) is 0 Å². The highest BCUT2D eigenvalue weighted by Crippen LogP contribution is 2.30. The van der Waals surface area contributed by atoms with E-state index in [0.29, 0.717) is 19.6 Å². The molecule has 1 amide bonds. The minimum Gasteiger partial charge on any atom is -0.388 e. The van der Waals surface area contributed by atoms with Crippen molar-refractivity contribution in [1.82, 2.24) is 4.90 Å². The molecule has 0 spiro atoms. The Kier molecular flexibility index (Phi) is 5.34. The summed E-state index contributed by atoms with van der Waals surface area (Å²) in [5.41, 5.74) is 3.67. The Bertz CT molecular complexity index is 522. The van der Waals surface area contributed by atoms with Crippen LogP contribution in [-0.2, 0) is 16.1 Å². The average Bonchev–Trinajstić information content (AvgIpc) is 2.71. The second kappa shape index (κ2) is 7.23. The average molecular weight is 287 g/mol. The first-order chi connectivity index (χ1) is 10.2. The molecule has 0 unspecified atom stereocenters. The summed E-state index contributed by atoms with van der Waals surface area (Å²) in [6.07, 6.45) is 0.691. The van der Waals surface area contributed by atoms with E-state index in [1.165, 1.54) is 0 Å². The molecule has 1 aromatic rings. The van der Waals surface area contributed by atoms with Gasteiger partial charge in [-0.15, -0.1) is 5.73 Å². The summed E-state index contributed by atoms with van der Waals surface area (Å²) >= 11 is 0. The summed E-state index contributed by atoms with van der Waals surface area (Å²) in [5, 5.41) is 10.4. The van der Waals surface area contributed by atoms with E-state index in [2.05, 4.69) is 12.3 Å². The van der Waals surface area contributed by atoms with Crippen LogP contribution in [0.4, 0.5) is 0 Å². The number of nitrogens with zero attached hydrogens (tertiary/aromatic N) is 1. The van der Waals surface area contributed by atoms with Gasteiger partial charge in [0, 0.05) is 13.2 Å². The van der Waals surface area contributed by atoms with Crippen molar-refractivity contribution in [2.75, 3.05) is 6.61 Å². The number of carbonyl (C=O) groups is 1. The number of likely N-dealkylation sites (tertiary alicyclic amines) is 1. The van der Waals surface area contributed by atoms with Crippen LogP contribution in [0.15, 0.2) is 48.7 Å². The molecular formula is C17H21NO3. The summed E-state index contributed by atoms with van der Waals surface area (Å²) in [4.78, 5) is 14.1. The van der Waals surface area contributed by atoms with Crippen LogP contribution in [0, 0.1) is 5.92 Å². The Morgan fingerprint density at radius 2 is 2.14 bits per heavy atom. The fraction of sp³-hybridized carbons (Fsp3) is 0.412. The molecule has 1 saturated heterocycles. The SMILES string of the molecule is C=C=CC[C@@H]1C(=O)N(Cc2ccccc2)[C@@H](OCC)[C@H]1O. The van der Waals surface area contributed by atoms with Gasteiger partial charge in [0.2, 0.25) is 5.91 Å². The fourth-order valence-electron chi connectivity index (χ4n) is 2.63. The van der Waals surface area contributed by atoms with Crippen LogP contribution in [0.2, 0.25) is 0 Å². The zero-order valence-corrected chi connectivity index (χ0v) is 12.2. The molecule has 1 aliphatic rings. The van der Waals surface area contributed by atoms with E-state index in [1.807, 2.05) is 37.3 Å². The van der Waals surface area contributed by atoms with Crippen molar-refractivity contribution in [2.45, 2.75) is 32.2 Å². The van der Waals surface area contributed by atoms with Crippen molar-refractivity contribution in [3.8, 4) is 0 Å². The number of aliphatic hydroxyl groups excluding tert-OH is 1. The van der Waals surface area contributed by atoms with E-state index in [4.69, 9.17) is 4.74 Å². The van der Waals surface area contributed by atoms with Crippen LogP contribution < -0.4 is 0 Å². The zero-order valence-electron chi connectivity index (χ0n) is 12.2. The second-order valence-electron chi connectivity index (χ2n) is 5.04. The molecule has 0 bridgehead atoms. The van der Waals surface area contributed by atoms with E-state index in [1.54, 1.807) is 11.0 Å². The molecule has 1 heterocycles. The van der Waals surface area contributed by atoms with Crippen molar-refractivity contribution in [3.05, 3.63) is 54.3 Å². The van der Waals surface area contributed by atoms with E-state index in [9.17, 15) is 9.90 Å². The monoisotopic (exact) mass is 287 g/mol. The van der Waals surface area contributed by atoms with Gasteiger partial charge in [-0.3, -0.25) is 4.79 Å². The van der Waals surface area contributed by atoms with Crippen LogP contribution in [0.1, 0.15) is 18.9 Å². The molecule has 4 heteroatoms. The number of ether oxygens (including phenoxy) is 1. The summed E-state index contributed by atoms with van der Waals surface area (Å²) in [5.74, 6) is -0.573. The largest absolute Gasteiger partial charge is 0.388 e. The maximum absolute atomic E-state index is 12.5. The predicted octanol–water partition coefficient (Wildman–Crippen LogP) is 2.10. The lowest BCUT2D eigenvalue weighted by atomic mass is 10.0. The molecule has 1 aliphatic heterocycles. The van der Waals surface area contributed by atoms with E-state index < -0.39 is 18.2 Å². The number of hydrogen-bond donors (Lipinski definition) is 1. The Morgan fingerprint density at radius 3 is 2.76 bits per heavy atom. The number of rotatable bonds is 6. The molecule has 0 radical (unpaired) electrons. The molecule has 0 aromatic heterocycles. The van der Waals surface area contributed by atoms with E-state index in [0.717, 1.165) is 5.56 Å². The van der Waals surface area contributed by atoms with Crippen molar-refractivity contribution < 1.29 is 14.6 Å². The number of allylic oxidation sites excluding steroid dienone is 1. The number of carbonyl (C=O) groups excluding carboxylic acids is 1. The van der Waals surface area contributed by atoms with Gasteiger partial charge >= 0.3 is 0 Å². The minimum absolute atomic E-state index is 0.0868. The third kappa shape index (κ3) is 3.42. The van der Waals surface area contributed by atoms with Gasteiger partial charge in [-0.25, -0.2) is 0 Å². The molecule has 1 fully saturated rings. The Morgan fingerprint density at radius 1 is 1.43 bits per heavy atom. The molecule has 0 saturated carbocycles. The Balaban J connectivity index is 2.19. The summed E-state index contributed by atoms with van der Waals surface area (Å²) < 4.78 is 5.59. The third-order valence-corrected chi connectivity index (χ3v) is 3.66. The van der Waals surface area contributed by atoms with E-state index in [-0.39, 0.29) is 5.91 Å². The highest BCUT2D eigenvalue weighted by Gasteiger charge is 2.47. The van der Waals surface area contributed by atoms with Gasteiger partial charge in [0.05, 0.1) is 5.92 Å². The lowest BCUT2D eigenvalue weighted by Gasteiger charge is -2.25. The molecule has 4 nitrogen and oxygen atoms in total. The van der Waals surface area contributed by atoms with Crippen molar-refractivity contribution >= 4 is 5.91 Å². The molecule has 3 atom stereocenters. The van der Waals surface area contributed by atoms with Gasteiger partial charge in [0.1, 0.15) is 6.10 Å². The molecule has 0 aliphatic carbocycles. The van der Waals surface area contributed by atoms with Crippen molar-refractivity contribution in [3.63, 3.8) is 0 Å². The van der Waals surface area contributed by atoms with Crippen LogP contribution in [-0.4, -0.2) is 34.9 Å². The first kappa shape index (κ1) is 15.5. The predicted molar refractivity (Wildman–Crippen MR) is 80.2 cm³/mol. The van der Waals surface area contributed by atoms with Crippen LogP contribution >= 0.6 is 0 Å². The van der Waals surface area contributed by atoms with Crippen LogP contribution in [0.5, 0.6) is 0 Å². The smallest absolute Gasteiger partial charge is 0.231 e. The molecule has 21 heavy (non-hydrogen) atoms. The number of amides is 1. The van der Waals surface area contributed by atoms with Crippen molar-refractivity contribution in [2.24, 2.45) is 5.92 Å². The summed E-state index contributed by atoms with van der Waals surface area (Å²) in [7, 11) is 0. The van der Waals surface area contributed by atoms with Crippen LogP contribution in [0.3, 0.4) is 0 Å². The first-order valence-electron chi connectivity index (χ1n) is 7.17. The van der Waals surface area contributed by atoms with Gasteiger partial charge in [-0.1, -0.05) is 36.9 Å². The molecule has 1 N–H and O–H groups in total. The van der Waals surface area contributed by atoms with Crippen LogP contribution in [0.25, 0.3) is 0 Å². The van der Waals surface area contributed by atoms with Gasteiger partial charge < -0.3 is 14.7 Å². The summed E-state index contributed by atoms with van der Waals surface area (Å²) in [6.45, 7) is 6.24. The second-order valence-corrected chi connectivity index (χ2v) is 5.04. The minimum atomic E-state index is -0.828. The number of hydrogen-bond acceptors (Lipinski definition) is 3. The normalized spacial score (nSPS) is 25.0. The van der Waals surface area contributed by atoms with Gasteiger partial charge in [0.15, 0.2) is 6.23 Å². The molecule has 2 rings (SSSR count). The lowest BCUT2D eigenvalue weighted by molar-refractivity contribution is -0.140. The van der Waals surface area contributed by atoms with Crippen molar-refractivity contribution in [1.29, 1.82) is 0 Å². The Hall–Kier alpha value is -1.87. The first-order valence-corrected chi connectivity index (χ1v) is 7.17. The highest BCUT2D eigenvalue weighted by molar-refractivity contribution is 5.82. The topological polar surface area (TPSA) is 49.8 Å². The highest BCUT2D eigenvalue weighted by atomic mass is 16.5. The molecule has 112 valence electrons. The maximum atomic E-state index is 12.5. The molecule has 1 aromatic carbocycles. The number of aliphatic hydroxyl groups is 1. The zero-order chi connectivity index (χ0) is 15.2. The number of benzene rings is 1. The fourth-order valence-corrected chi connectivity index (χ4v) is 2.63. The maximum Gasteiger partial charge on any atom is 0.231 e. The van der Waals surface area contributed by atoms with E-state index >= 15 is 0 Å². The standard InChI is InChI=1S/C17H21NO3/c1-3-5-11-14-15(19)17(21-4-2)18(16(14)20)12-13-9-7-6-8-10-13/h5-10,14-15,17,19H,1,4,11-12H2,2H3/t14-,15-,17-/m0/s1. The Labute approximate surface area is 125 Å².